The van der Waals surface area contributed by atoms with Crippen LogP contribution in [-0.2, 0) is 11.3 Å². The molecule has 2 aromatic heterocycles. The van der Waals surface area contributed by atoms with E-state index in [2.05, 4.69) is 15.3 Å². The van der Waals surface area contributed by atoms with E-state index >= 15 is 0 Å². The Balaban J connectivity index is 1.61. The van der Waals surface area contributed by atoms with Crippen molar-refractivity contribution >= 4 is 23.5 Å². The number of nitrogens with zero attached hydrogens (tertiary/aromatic N) is 7. The number of carbonyl (C=O) groups excluding carboxylic acids is 1. The lowest BCUT2D eigenvalue weighted by molar-refractivity contribution is -0.133. The number of piperidine rings is 1. The van der Waals surface area contributed by atoms with Crippen LogP contribution in [0.4, 0.5) is 5.95 Å². The van der Waals surface area contributed by atoms with Gasteiger partial charge in [-0.1, -0.05) is 28.9 Å². The van der Waals surface area contributed by atoms with Gasteiger partial charge in [-0.25, -0.2) is 14.6 Å². The zero-order valence-electron chi connectivity index (χ0n) is 18.0. The van der Waals surface area contributed by atoms with Crippen LogP contribution in [0.5, 0.6) is 0 Å². The van der Waals surface area contributed by atoms with Gasteiger partial charge in [-0.2, -0.15) is 0 Å². The van der Waals surface area contributed by atoms with Crippen LogP contribution in [-0.4, -0.2) is 63.0 Å². The molecule has 0 radical (unpaired) electrons. The van der Waals surface area contributed by atoms with Gasteiger partial charge in [0.05, 0.1) is 11.4 Å². The van der Waals surface area contributed by atoms with Crippen molar-refractivity contribution < 1.29 is 4.79 Å². The number of anilines is 1. The molecule has 0 spiro atoms. The summed E-state index contributed by atoms with van der Waals surface area (Å²) < 4.78 is 1.59. The van der Waals surface area contributed by atoms with Crippen LogP contribution >= 0.6 is 11.6 Å². The second kappa shape index (κ2) is 9.01. The van der Waals surface area contributed by atoms with Gasteiger partial charge in [0.25, 0.3) is 0 Å². The maximum atomic E-state index is 12.9. The molecule has 0 bridgehead atoms. The molecule has 0 aliphatic carbocycles. The Labute approximate surface area is 186 Å². The minimum atomic E-state index is 0.0459. The lowest BCUT2D eigenvalue weighted by Gasteiger charge is -2.33. The Bertz CT molecular complexity index is 1060. The Kier molecular flexibility index (Phi) is 6.18. The highest BCUT2D eigenvalue weighted by atomic mass is 35.5. The molecular weight excluding hydrogens is 414 g/mol. The fourth-order valence-electron chi connectivity index (χ4n) is 3.90. The number of rotatable bonds is 5. The largest absolute Gasteiger partial charge is 0.347 e. The van der Waals surface area contributed by atoms with Gasteiger partial charge in [-0.05, 0) is 37.5 Å². The number of aromatic nitrogens is 5. The summed E-state index contributed by atoms with van der Waals surface area (Å²) in [6.45, 7) is 3.42. The SMILES string of the molecule is Cc1cn(CC(=O)N2CCCC(c3nc(N(C)C)ncc3-c3ccc(Cl)cc3)C2)nn1. The van der Waals surface area contributed by atoms with Gasteiger partial charge >= 0.3 is 0 Å². The number of likely N-dealkylation sites (tertiary alicyclic amines) is 1. The van der Waals surface area contributed by atoms with Crippen molar-refractivity contribution in [2.24, 2.45) is 0 Å². The van der Waals surface area contributed by atoms with Crippen LogP contribution in [0.3, 0.4) is 0 Å². The molecule has 162 valence electrons. The third-order valence-corrected chi connectivity index (χ3v) is 5.72. The highest BCUT2D eigenvalue weighted by Crippen LogP contribution is 2.34. The molecule has 1 fully saturated rings. The summed E-state index contributed by atoms with van der Waals surface area (Å²) in [5.41, 5.74) is 3.77. The third kappa shape index (κ3) is 4.85. The number of hydrogen-bond donors (Lipinski definition) is 0. The van der Waals surface area contributed by atoms with Crippen LogP contribution in [0, 0.1) is 6.92 Å². The summed E-state index contributed by atoms with van der Waals surface area (Å²) in [7, 11) is 3.86. The van der Waals surface area contributed by atoms with Crippen molar-refractivity contribution in [2.75, 3.05) is 32.1 Å². The normalized spacial score (nSPS) is 16.4. The monoisotopic (exact) mass is 439 g/mol. The molecular formula is C22H26ClN7O. The molecule has 1 aliphatic rings. The molecule has 8 nitrogen and oxygen atoms in total. The number of hydrogen-bond acceptors (Lipinski definition) is 6. The molecule has 1 aromatic carbocycles. The average molecular weight is 440 g/mol. The number of halogens is 1. The van der Waals surface area contributed by atoms with E-state index in [4.69, 9.17) is 16.6 Å². The number of benzene rings is 1. The van der Waals surface area contributed by atoms with Crippen molar-refractivity contribution in [1.29, 1.82) is 0 Å². The number of carbonyl (C=O) groups is 1. The predicted octanol–water partition coefficient (Wildman–Crippen LogP) is 3.17. The maximum Gasteiger partial charge on any atom is 0.244 e. The van der Waals surface area contributed by atoms with Crippen molar-refractivity contribution in [1.82, 2.24) is 29.9 Å². The van der Waals surface area contributed by atoms with E-state index in [1.165, 1.54) is 0 Å². The van der Waals surface area contributed by atoms with Gasteiger partial charge in [0.1, 0.15) is 6.54 Å². The lowest BCUT2D eigenvalue weighted by Crippen LogP contribution is -2.41. The molecule has 9 heteroatoms. The van der Waals surface area contributed by atoms with Crippen LogP contribution in [0.25, 0.3) is 11.1 Å². The van der Waals surface area contributed by atoms with Crippen LogP contribution in [0.15, 0.2) is 36.7 Å². The van der Waals surface area contributed by atoms with Crippen LogP contribution < -0.4 is 4.90 Å². The second-order valence-corrected chi connectivity index (χ2v) is 8.54. The summed E-state index contributed by atoms with van der Waals surface area (Å²) in [5.74, 6) is 0.835. The van der Waals surface area contributed by atoms with Crippen LogP contribution in [0.1, 0.15) is 30.1 Å². The Morgan fingerprint density at radius 1 is 1.26 bits per heavy atom. The predicted molar refractivity (Wildman–Crippen MR) is 120 cm³/mol. The van der Waals surface area contributed by atoms with E-state index in [0.29, 0.717) is 17.5 Å². The molecule has 3 aromatic rings. The van der Waals surface area contributed by atoms with E-state index in [-0.39, 0.29) is 18.4 Å². The first-order chi connectivity index (χ1) is 14.9. The summed E-state index contributed by atoms with van der Waals surface area (Å²) in [4.78, 5) is 26.1. The molecule has 1 amide bonds. The van der Waals surface area contributed by atoms with Gasteiger partial charge in [-0.15, -0.1) is 5.10 Å². The van der Waals surface area contributed by atoms with Gasteiger partial charge in [0.15, 0.2) is 0 Å². The molecule has 3 heterocycles. The molecule has 1 saturated heterocycles. The van der Waals surface area contributed by atoms with E-state index in [0.717, 1.165) is 41.9 Å². The van der Waals surface area contributed by atoms with E-state index in [1.54, 1.807) is 10.9 Å². The molecule has 1 aliphatic heterocycles. The Morgan fingerprint density at radius 2 is 2.03 bits per heavy atom. The molecule has 0 N–H and O–H groups in total. The number of aryl methyl sites for hydroxylation is 1. The molecule has 0 saturated carbocycles. The van der Waals surface area contributed by atoms with Gasteiger partial charge < -0.3 is 9.80 Å². The summed E-state index contributed by atoms with van der Waals surface area (Å²) in [5, 5.41) is 8.66. The topological polar surface area (TPSA) is 80.0 Å². The van der Waals surface area contributed by atoms with Crippen molar-refractivity contribution in [2.45, 2.75) is 32.2 Å². The van der Waals surface area contributed by atoms with E-state index < -0.39 is 0 Å². The van der Waals surface area contributed by atoms with Gasteiger partial charge in [0.2, 0.25) is 11.9 Å². The zero-order chi connectivity index (χ0) is 22.0. The number of amides is 1. The minimum Gasteiger partial charge on any atom is -0.347 e. The van der Waals surface area contributed by atoms with Crippen molar-refractivity contribution in [3.63, 3.8) is 0 Å². The minimum absolute atomic E-state index is 0.0459. The fourth-order valence-corrected chi connectivity index (χ4v) is 4.03. The maximum absolute atomic E-state index is 12.9. The highest BCUT2D eigenvalue weighted by molar-refractivity contribution is 6.30. The zero-order valence-corrected chi connectivity index (χ0v) is 18.7. The average Bonchev–Trinajstić information content (AvgIpc) is 3.18. The summed E-state index contributed by atoms with van der Waals surface area (Å²) in [6.07, 6.45) is 5.55. The van der Waals surface area contributed by atoms with Crippen molar-refractivity contribution in [3.05, 3.63) is 53.1 Å². The van der Waals surface area contributed by atoms with Gasteiger partial charge in [-0.3, -0.25) is 4.79 Å². The quantitative estimate of drug-likeness (QED) is 0.607. The smallest absolute Gasteiger partial charge is 0.244 e. The van der Waals surface area contributed by atoms with Crippen molar-refractivity contribution in [3.8, 4) is 11.1 Å². The van der Waals surface area contributed by atoms with Gasteiger partial charge in [0, 0.05) is 56.1 Å². The first kappa shape index (κ1) is 21.2. The molecule has 31 heavy (non-hydrogen) atoms. The summed E-state index contributed by atoms with van der Waals surface area (Å²) in [6, 6.07) is 7.71. The Hall–Kier alpha value is -3.00. The van der Waals surface area contributed by atoms with Crippen LogP contribution in [0.2, 0.25) is 5.02 Å². The first-order valence-electron chi connectivity index (χ1n) is 10.4. The molecule has 1 atom stereocenters. The second-order valence-electron chi connectivity index (χ2n) is 8.11. The summed E-state index contributed by atoms with van der Waals surface area (Å²) >= 11 is 6.08. The Morgan fingerprint density at radius 3 is 2.71 bits per heavy atom. The molecule has 1 unspecified atom stereocenters. The lowest BCUT2D eigenvalue weighted by atomic mass is 9.90. The highest BCUT2D eigenvalue weighted by Gasteiger charge is 2.28. The van der Waals surface area contributed by atoms with E-state index in [1.807, 2.05) is 61.3 Å². The van der Waals surface area contributed by atoms with E-state index in [9.17, 15) is 4.79 Å². The first-order valence-corrected chi connectivity index (χ1v) is 10.7. The molecule has 4 rings (SSSR count). The third-order valence-electron chi connectivity index (χ3n) is 5.47. The fraction of sp³-hybridized carbons (Fsp3) is 0.409. The standard InChI is InChI=1S/C22H26ClN7O/c1-15-12-30(27-26-15)14-20(31)29-10-4-5-17(13-29)21-19(11-24-22(25-21)28(2)3)16-6-8-18(23)9-7-16/h6-9,11-12,17H,4-5,10,13-14H2,1-3H3.